The molecular formula is C22H26N8O. The minimum absolute atomic E-state index is 0.155. The van der Waals surface area contributed by atoms with Gasteiger partial charge in [0.15, 0.2) is 0 Å². The van der Waals surface area contributed by atoms with Gasteiger partial charge in [0, 0.05) is 48.5 Å². The Kier molecular flexibility index (Phi) is 6.44. The Hall–Kier alpha value is -4.01. The van der Waals surface area contributed by atoms with E-state index in [0.29, 0.717) is 29.7 Å². The molecule has 9 nitrogen and oxygen atoms in total. The molecule has 0 atom stereocenters. The maximum Gasteiger partial charge on any atom is 0.355 e. The number of benzene rings is 1. The van der Waals surface area contributed by atoms with Gasteiger partial charge in [-0.3, -0.25) is 4.57 Å². The molecule has 0 spiro atoms. The van der Waals surface area contributed by atoms with Crippen LogP contribution in [0.15, 0.2) is 64.7 Å². The molecule has 0 saturated carbocycles. The molecule has 2 heterocycles. The monoisotopic (exact) mass is 418 g/mol. The SMILES string of the molecule is CC(=N)/C(CN(C)c1cc(-n2ccc(N)nc2=O)nc(C)n1)=C(/C)Nc1ccccc1. The predicted molar refractivity (Wildman–Crippen MR) is 124 cm³/mol. The molecule has 0 aliphatic rings. The summed E-state index contributed by atoms with van der Waals surface area (Å²) >= 11 is 0. The number of allylic oxidation sites excluding steroid dienone is 1. The maximum atomic E-state index is 12.2. The van der Waals surface area contributed by atoms with Crippen molar-refractivity contribution in [2.45, 2.75) is 20.8 Å². The van der Waals surface area contributed by atoms with Crippen LogP contribution in [0, 0.1) is 12.3 Å². The van der Waals surface area contributed by atoms with Crippen LogP contribution in [-0.4, -0.2) is 38.8 Å². The van der Waals surface area contributed by atoms with Gasteiger partial charge < -0.3 is 21.4 Å². The molecule has 0 aliphatic carbocycles. The first-order valence-electron chi connectivity index (χ1n) is 9.74. The van der Waals surface area contributed by atoms with Crippen molar-refractivity contribution in [3.63, 3.8) is 0 Å². The molecule has 0 aliphatic heterocycles. The number of likely N-dealkylation sites (N-methyl/N-ethyl adjacent to an activating group) is 1. The second kappa shape index (κ2) is 9.21. The molecule has 4 N–H and O–H groups in total. The lowest BCUT2D eigenvalue weighted by Gasteiger charge is -2.23. The quantitative estimate of drug-likeness (QED) is 0.504. The van der Waals surface area contributed by atoms with E-state index in [2.05, 4.69) is 20.3 Å². The van der Waals surface area contributed by atoms with E-state index in [1.165, 1.54) is 10.8 Å². The van der Waals surface area contributed by atoms with Crippen molar-refractivity contribution < 1.29 is 0 Å². The molecule has 0 amide bonds. The molecule has 3 rings (SSSR count). The number of hydrogen-bond acceptors (Lipinski definition) is 8. The van der Waals surface area contributed by atoms with Crippen molar-refractivity contribution in [3.05, 3.63) is 76.2 Å². The number of rotatable bonds is 7. The topological polar surface area (TPSA) is 126 Å². The zero-order valence-electron chi connectivity index (χ0n) is 18.0. The second-order valence-electron chi connectivity index (χ2n) is 7.21. The van der Waals surface area contributed by atoms with Gasteiger partial charge >= 0.3 is 5.69 Å². The smallest absolute Gasteiger partial charge is 0.355 e. The lowest BCUT2D eigenvalue weighted by atomic mass is 10.1. The fourth-order valence-electron chi connectivity index (χ4n) is 3.10. The van der Waals surface area contributed by atoms with Crippen LogP contribution in [-0.2, 0) is 0 Å². The van der Waals surface area contributed by atoms with Gasteiger partial charge in [-0.1, -0.05) is 18.2 Å². The largest absolute Gasteiger partial charge is 0.383 e. The number of aromatic nitrogens is 4. The number of nitrogens with two attached hydrogens (primary N) is 1. The molecular weight excluding hydrogens is 392 g/mol. The highest BCUT2D eigenvalue weighted by atomic mass is 16.1. The minimum atomic E-state index is -0.509. The number of nitrogens with zero attached hydrogens (tertiary/aromatic N) is 5. The fraction of sp³-hybridized carbons (Fsp3) is 0.227. The summed E-state index contributed by atoms with van der Waals surface area (Å²) < 4.78 is 1.32. The van der Waals surface area contributed by atoms with Gasteiger partial charge in [-0.15, -0.1) is 0 Å². The molecule has 3 aromatic rings. The van der Waals surface area contributed by atoms with Crippen LogP contribution in [0.1, 0.15) is 19.7 Å². The van der Waals surface area contributed by atoms with Crippen LogP contribution in [0.4, 0.5) is 17.3 Å². The highest BCUT2D eigenvalue weighted by Crippen LogP contribution is 2.18. The Morgan fingerprint density at radius 1 is 1.16 bits per heavy atom. The normalized spacial score (nSPS) is 11.6. The van der Waals surface area contributed by atoms with Gasteiger partial charge in [-0.2, -0.15) is 4.98 Å². The lowest BCUT2D eigenvalue weighted by Crippen LogP contribution is -2.27. The summed E-state index contributed by atoms with van der Waals surface area (Å²) in [6.07, 6.45) is 1.54. The van der Waals surface area contributed by atoms with E-state index in [0.717, 1.165) is 17.0 Å². The summed E-state index contributed by atoms with van der Waals surface area (Å²) in [5.41, 5.74) is 8.21. The molecule has 31 heavy (non-hydrogen) atoms. The van der Waals surface area contributed by atoms with E-state index >= 15 is 0 Å². The molecule has 0 saturated heterocycles. The number of nitrogen functional groups attached to an aromatic ring is 1. The summed E-state index contributed by atoms with van der Waals surface area (Å²) in [5, 5.41) is 11.6. The van der Waals surface area contributed by atoms with Gasteiger partial charge in [-0.05, 0) is 39.0 Å². The molecule has 0 fully saturated rings. The summed E-state index contributed by atoms with van der Waals surface area (Å²) in [5.74, 6) is 1.70. The van der Waals surface area contributed by atoms with Crippen molar-refractivity contribution in [2.75, 3.05) is 29.5 Å². The molecule has 160 valence electrons. The number of nitrogens with one attached hydrogen (secondary N) is 2. The molecule has 0 unspecified atom stereocenters. The Morgan fingerprint density at radius 2 is 1.87 bits per heavy atom. The minimum Gasteiger partial charge on any atom is -0.383 e. The third kappa shape index (κ3) is 5.33. The van der Waals surface area contributed by atoms with Gasteiger partial charge in [-0.25, -0.2) is 14.8 Å². The Balaban J connectivity index is 1.91. The summed E-state index contributed by atoms with van der Waals surface area (Å²) in [7, 11) is 1.88. The molecule has 2 aromatic heterocycles. The zero-order chi connectivity index (χ0) is 22.5. The van der Waals surface area contributed by atoms with E-state index in [-0.39, 0.29) is 5.82 Å². The number of hydrogen-bond donors (Lipinski definition) is 3. The van der Waals surface area contributed by atoms with Crippen molar-refractivity contribution in [2.24, 2.45) is 0 Å². The van der Waals surface area contributed by atoms with Gasteiger partial charge in [0.25, 0.3) is 0 Å². The summed E-state index contributed by atoms with van der Waals surface area (Å²) in [6.45, 7) is 5.92. The van der Waals surface area contributed by atoms with Gasteiger partial charge in [0.1, 0.15) is 23.3 Å². The third-order valence-electron chi connectivity index (χ3n) is 4.68. The first kappa shape index (κ1) is 21.7. The Labute approximate surface area is 180 Å². The summed E-state index contributed by atoms with van der Waals surface area (Å²) in [6, 6.07) is 13.1. The summed E-state index contributed by atoms with van der Waals surface area (Å²) in [4.78, 5) is 26.8. The first-order chi connectivity index (χ1) is 14.7. The van der Waals surface area contributed by atoms with Crippen molar-refractivity contribution in [1.82, 2.24) is 19.5 Å². The van der Waals surface area contributed by atoms with Crippen LogP contribution >= 0.6 is 0 Å². The molecule has 0 bridgehead atoms. The van der Waals surface area contributed by atoms with Gasteiger partial charge in [0.05, 0.1) is 0 Å². The van der Waals surface area contributed by atoms with Crippen LogP contribution in [0.5, 0.6) is 0 Å². The Morgan fingerprint density at radius 3 is 2.52 bits per heavy atom. The predicted octanol–water partition coefficient (Wildman–Crippen LogP) is 2.78. The standard InChI is InChI=1S/C22H26N8O/c1-14(23)18(15(2)25-17-8-6-5-7-9-17)13-29(4)20-12-21(27-16(3)26-20)30-11-10-19(24)28-22(30)31/h5-12,23,25H,13H2,1-4H3,(H2,24,28,31)/b18-15-,23-14?. The molecule has 9 heteroatoms. The van der Waals surface area contributed by atoms with Crippen molar-refractivity contribution in [1.29, 1.82) is 5.41 Å². The van der Waals surface area contributed by atoms with E-state index in [1.807, 2.05) is 49.2 Å². The number of para-hydroxylation sites is 1. The van der Waals surface area contributed by atoms with Crippen LogP contribution in [0.25, 0.3) is 5.82 Å². The van der Waals surface area contributed by atoms with Crippen LogP contribution in [0.3, 0.4) is 0 Å². The highest BCUT2D eigenvalue weighted by Gasteiger charge is 2.14. The fourth-order valence-corrected chi connectivity index (χ4v) is 3.10. The average molecular weight is 419 g/mol. The van der Waals surface area contributed by atoms with Crippen LogP contribution in [0.2, 0.25) is 0 Å². The zero-order valence-corrected chi connectivity index (χ0v) is 18.0. The van der Waals surface area contributed by atoms with E-state index in [1.54, 1.807) is 26.0 Å². The average Bonchev–Trinajstić information content (AvgIpc) is 2.71. The number of aryl methyl sites for hydroxylation is 1. The highest BCUT2D eigenvalue weighted by molar-refractivity contribution is 5.97. The van der Waals surface area contributed by atoms with E-state index in [4.69, 9.17) is 11.1 Å². The second-order valence-corrected chi connectivity index (χ2v) is 7.21. The van der Waals surface area contributed by atoms with Crippen molar-refractivity contribution >= 4 is 23.0 Å². The van der Waals surface area contributed by atoms with E-state index < -0.39 is 5.69 Å². The number of anilines is 3. The van der Waals surface area contributed by atoms with Crippen LogP contribution < -0.4 is 21.6 Å². The lowest BCUT2D eigenvalue weighted by molar-refractivity contribution is 0.850. The molecule has 1 aromatic carbocycles. The Bertz CT molecular complexity index is 1180. The van der Waals surface area contributed by atoms with Gasteiger partial charge in [0.2, 0.25) is 0 Å². The van der Waals surface area contributed by atoms with Crippen molar-refractivity contribution in [3.8, 4) is 5.82 Å². The third-order valence-corrected chi connectivity index (χ3v) is 4.68. The molecule has 0 radical (unpaired) electrons. The first-order valence-corrected chi connectivity index (χ1v) is 9.74. The maximum absolute atomic E-state index is 12.2. The van der Waals surface area contributed by atoms with E-state index in [9.17, 15) is 4.79 Å².